The fraction of sp³-hybridized carbons (Fsp3) is 0.105. The zero-order valence-corrected chi connectivity index (χ0v) is 14.5. The lowest BCUT2D eigenvalue weighted by atomic mass is 10.2. The van der Waals surface area contributed by atoms with Gasteiger partial charge in [-0.1, -0.05) is 30.3 Å². The van der Waals surface area contributed by atoms with Crippen LogP contribution in [0.5, 0.6) is 5.75 Å². The van der Waals surface area contributed by atoms with Crippen molar-refractivity contribution in [1.82, 2.24) is 10.4 Å². The fourth-order valence-electron chi connectivity index (χ4n) is 2.18. The maximum absolute atomic E-state index is 12.0. The maximum atomic E-state index is 12.0. The summed E-state index contributed by atoms with van der Waals surface area (Å²) in [6.45, 7) is 0. The van der Waals surface area contributed by atoms with Crippen LogP contribution in [0.15, 0.2) is 65.1 Å². The molecule has 2 aromatic carbocycles. The van der Waals surface area contributed by atoms with Gasteiger partial charge < -0.3 is 4.74 Å². The van der Waals surface area contributed by atoms with Crippen molar-refractivity contribution < 1.29 is 9.53 Å². The Morgan fingerprint density at radius 1 is 1.20 bits per heavy atom. The predicted octanol–water partition coefficient (Wildman–Crippen LogP) is 3.51. The number of rotatable bonds is 6. The lowest BCUT2D eigenvalue weighted by Crippen LogP contribution is -2.19. The second-order valence-electron chi connectivity index (χ2n) is 5.24. The third-order valence-corrected chi connectivity index (χ3v) is 4.30. The Morgan fingerprint density at radius 3 is 2.68 bits per heavy atom. The molecule has 0 saturated carbocycles. The number of ether oxygens (including phenoxy) is 1. The monoisotopic (exact) mass is 351 g/mol. The van der Waals surface area contributed by atoms with Gasteiger partial charge in [-0.05, 0) is 29.8 Å². The minimum absolute atomic E-state index is 0.196. The van der Waals surface area contributed by atoms with E-state index in [2.05, 4.69) is 15.5 Å². The Bertz CT molecular complexity index is 858. The maximum Gasteiger partial charge on any atom is 0.246 e. The first-order valence-electron chi connectivity index (χ1n) is 7.70. The van der Waals surface area contributed by atoms with E-state index in [1.807, 2.05) is 60.0 Å². The van der Waals surface area contributed by atoms with Crippen LogP contribution in [0.2, 0.25) is 0 Å². The highest BCUT2D eigenvalue weighted by Gasteiger charge is 2.08. The molecule has 1 N–H and O–H groups in total. The molecule has 0 aliphatic heterocycles. The molecule has 0 spiro atoms. The lowest BCUT2D eigenvalue weighted by molar-refractivity contribution is -0.120. The number of hydrazone groups is 1. The zero-order chi connectivity index (χ0) is 17.5. The highest BCUT2D eigenvalue weighted by Crippen LogP contribution is 2.21. The second-order valence-corrected chi connectivity index (χ2v) is 6.18. The van der Waals surface area contributed by atoms with Crippen LogP contribution in [0, 0.1) is 0 Å². The first-order chi connectivity index (χ1) is 12.2. The van der Waals surface area contributed by atoms with E-state index in [-0.39, 0.29) is 12.3 Å². The molecule has 1 aromatic heterocycles. The van der Waals surface area contributed by atoms with E-state index in [0.717, 1.165) is 27.6 Å². The van der Waals surface area contributed by atoms with Crippen LogP contribution in [0.1, 0.15) is 10.6 Å². The Hall–Kier alpha value is -2.99. The smallest absolute Gasteiger partial charge is 0.246 e. The molecule has 0 unspecified atom stereocenters. The van der Waals surface area contributed by atoms with Crippen molar-refractivity contribution >= 4 is 23.5 Å². The Balaban J connectivity index is 1.54. The Morgan fingerprint density at radius 2 is 1.96 bits per heavy atom. The molecule has 3 rings (SSSR count). The molecule has 0 saturated heterocycles. The van der Waals surface area contributed by atoms with E-state index < -0.39 is 0 Å². The van der Waals surface area contributed by atoms with Crippen molar-refractivity contribution in [2.24, 2.45) is 5.10 Å². The quantitative estimate of drug-likeness (QED) is 0.546. The summed E-state index contributed by atoms with van der Waals surface area (Å²) >= 11 is 1.47. The summed E-state index contributed by atoms with van der Waals surface area (Å²) < 4.78 is 5.09. The highest BCUT2D eigenvalue weighted by molar-refractivity contribution is 7.10. The predicted molar refractivity (Wildman–Crippen MR) is 100.0 cm³/mol. The minimum atomic E-state index is -0.196. The summed E-state index contributed by atoms with van der Waals surface area (Å²) in [7, 11) is 1.62. The Kier molecular flexibility index (Phi) is 5.53. The lowest BCUT2D eigenvalue weighted by Gasteiger charge is -1.99. The molecule has 0 bridgehead atoms. The second kappa shape index (κ2) is 8.21. The van der Waals surface area contributed by atoms with Gasteiger partial charge in [0.1, 0.15) is 10.8 Å². The zero-order valence-electron chi connectivity index (χ0n) is 13.7. The molecule has 25 heavy (non-hydrogen) atoms. The number of nitrogens with zero attached hydrogens (tertiary/aromatic N) is 2. The molecular weight excluding hydrogens is 334 g/mol. The number of nitrogens with one attached hydrogen (secondary N) is 1. The Labute approximate surface area is 150 Å². The number of benzene rings is 2. The molecule has 3 aromatic rings. The summed E-state index contributed by atoms with van der Waals surface area (Å²) in [6.07, 6.45) is 1.80. The molecule has 126 valence electrons. The summed E-state index contributed by atoms with van der Waals surface area (Å²) in [5.74, 6) is 0.581. The number of carbonyl (C=O) groups is 1. The van der Waals surface area contributed by atoms with E-state index in [9.17, 15) is 4.79 Å². The van der Waals surface area contributed by atoms with Gasteiger partial charge in [-0.25, -0.2) is 10.4 Å². The molecule has 0 aliphatic rings. The van der Waals surface area contributed by atoms with Gasteiger partial charge in [0.15, 0.2) is 0 Å². The standard InChI is InChI=1S/C19H17N3O2S/c1-24-16-9-7-14(8-10-16)12-20-22-18(23)11-19-21-17(13-25-19)15-5-3-2-4-6-15/h2-10,12-13H,11H2,1H3,(H,22,23)/b20-12-. The van der Waals surface area contributed by atoms with Crippen LogP contribution in [0.4, 0.5) is 0 Å². The van der Waals surface area contributed by atoms with Gasteiger partial charge in [-0.2, -0.15) is 5.10 Å². The normalized spacial score (nSPS) is 10.8. The molecule has 0 atom stereocenters. The summed E-state index contributed by atoms with van der Waals surface area (Å²) in [6, 6.07) is 17.3. The number of hydrogen-bond acceptors (Lipinski definition) is 5. The van der Waals surface area contributed by atoms with Gasteiger partial charge in [-0.15, -0.1) is 11.3 Å². The van der Waals surface area contributed by atoms with E-state index in [0.29, 0.717) is 0 Å². The number of aromatic nitrogens is 1. The number of thiazole rings is 1. The van der Waals surface area contributed by atoms with Gasteiger partial charge in [0.2, 0.25) is 5.91 Å². The van der Waals surface area contributed by atoms with E-state index in [1.54, 1.807) is 13.3 Å². The van der Waals surface area contributed by atoms with Gasteiger partial charge in [0.05, 0.1) is 25.4 Å². The molecular formula is C19H17N3O2S. The van der Waals surface area contributed by atoms with Gasteiger partial charge in [0.25, 0.3) is 0 Å². The largest absolute Gasteiger partial charge is 0.497 e. The first kappa shape index (κ1) is 16.9. The van der Waals surface area contributed by atoms with Gasteiger partial charge in [0, 0.05) is 10.9 Å². The highest BCUT2D eigenvalue weighted by atomic mass is 32.1. The van der Waals surface area contributed by atoms with Crippen LogP contribution < -0.4 is 10.2 Å². The van der Waals surface area contributed by atoms with Crippen molar-refractivity contribution in [2.75, 3.05) is 7.11 Å². The van der Waals surface area contributed by atoms with Crippen molar-refractivity contribution in [2.45, 2.75) is 6.42 Å². The van der Waals surface area contributed by atoms with Gasteiger partial charge >= 0.3 is 0 Å². The van der Waals surface area contributed by atoms with Gasteiger partial charge in [-0.3, -0.25) is 4.79 Å². The topological polar surface area (TPSA) is 63.6 Å². The summed E-state index contributed by atoms with van der Waals surface area (Å²) in [4.78, 5) is 16.5. The van der Waals surface area contributed by atoms with Crippen molar-refractivity contribution in [3.05, 3.63) is 70.5 Å². The third kappa shape index (κ3) is 4.74. The number of hydrogen-bond donors (Lipinski definition) is 1. The van der Waals surface area contributed by atoms with Crippen LogP contribution >= 0.6 is 11.3 Å². The van der Waals surface area contributed by atoms with Crippen LogP contribution in [0.3, 0.4) is 0 Å². The molecule has 1 heterocycles. The number of amides is 1. The van der Waals surface area contributed by atoms with Crippen LogP contribution in [-0.2, 0) is 11.2 Å². The molecule has 0 radical (unpaired) electrons. The number of carbonyl (C=O) groups excluding carboxylic acids is 1. The van der Waals surface area contributed by atoms with Crippen molar-refractivity contribution in [1.29, 1.82) is 0 Å². The average Bonchev–Trinajstić information content (AvgIpc) is 3.11. The van der Waals surface area contributed by atoms with Crippen LogP contribution in [-0.4, -0.2) is 24.2 Å². The van der Waals surface area contributed by atoms with E-state index in [1.165, 1.54) is 11.3 Å². The van der Waals surface area contributed by atoms with Crippen molar-refractivity contribution in [3.8, 4) is 17.0 Å². The average molecular weight is 351 g/mol. The van der Waals surface area contributed by atoms with E-state index >= 15 is 0 Å². The fourth-order valence-corrected chi connectivity index (χ4v) is 2.98. The first-order valence-corrected chi connectivity index (χ1v) is 8.58. The third-order valence-electron chi connectivity index (χ3n) is 3.45. The minimum Gasteiger partial charge on any atom is -0.497 e. The molecule has 6 heteroatoms. The molecule has 1 amide bonds. The van der Waals surface area contributed by atoms with Crippen molar-refractivity contribution in [3.63, 3.8) is 0 Å². The molecule has 5 nitrogen and oxygen atoms in total. The molecule has 0 aliphatic carbocycles. The number of methoxy groups -OCH3 is 1. The van der Waals surface area contributed by atoms with Crippen LogP contribution in [0.25, 0.3) is 11.3 Å². The summed E-state index contributed by atoms with van der Waals surface area (Å²) in [5.41, 5.74) is 5.33. The van der Waals surface area contributed by atoms with E-state index in [4.69, 9.17) is 4.74 Å². The SMILES string of the molecule is COc1ccc(/C=N\NC(=O)Cc2nc(-c3ccccc3)cs2)cc1. The summed E-state index contributed by atoms with van der Waals surface area (Å²) in [5, 5.41) is 6.69. The molecule has 0 fully saturated rings.